The zero-order valence-electron chi connectivity index (χ0n) is 17.6. The standard InChI is InChI=1S/C25H21NO6/c1-29-23-11-16(5-7-21(23)30-10-9-26)6-8-24(27)31-15-19-14-25(28)32-22-13-18-4-2-3-17(18)12-20(19)22/h5-8,11-14H,2-4,10,15H2,1H3/b8-6+. The first kappa shape index (κ1) is 21.2. The maximum absolute atomic E-state index is 12.3. The van der Waals surface area contributed by atoms with E-state index in [-0.39, 0.29) is 13.2 Å². The average molecular weight is 431 g/mol. The van der Waals surface area contributed by atoms with Crippen LogP contribution < -0.4 is 15.1 Å². The van der Waals surface area contributed by atoms with Crippen LogP contribution in [0.2, 0.25) is 0 Å². The highest BCUT2D eigenvalue weighted by atomic mass is 16.5. The zero-order chi connectivity index (χ0) is 22.5. The molecule has 4 rings (SSSR count). The van der Waals surface area contributed by atoms with Crippen LogP contribution >= 0.6 is 0 Å². The number of carbonyl (C=O) groups excluding carboxylic acids is 1. The van der Waals surface area contributed by atoms with Crippen LogP contribution in [-0.2, 0) is 29.0 Å². The lowest BCUT2D eigenvalue weighted by molar-refractivity contribution is -0.138. The molecule has 162 valence electrons. The Morgan fingerprint density at radius 3 is 2.75 bits per heavy atom. The minimum atomic E-state index is -0.545. The van der Waals surface area contributed by atoms with Crippen molar-refractivity contribution in [3.8, 4) is 17.6 Å². The summed E-state index contributed by atoms with van der Waals surface area (Å²) in [6.45, 7) is -0.123. The zero-order valence-corrected chi connectivity index (χ0v) is 17.6. The third-order valence-corrected chi connectivity index (χ3v) is 5.30. The van der Waals surface area contributed by atoms with Gasteiger partial charge in [-0.2, -0.15) is 5.26 Å². The van der Waals surface area contributed by atoms with E-state index in [1.165, 1.54) is 30.4 Å². The Balaban J connectivity index is 1.46. The fraction of sp³-hybridized carbons (Fsp3) is 0.240. The number of aryl methyl sites for hydroxylation is 2. The van der Waals surface area contributed by atoms with E-state index in [0.717, 1.165) is 24.6 Å². The maximum atomic E-state index is 12.3. The Bertz CT molecular complexity index is 1300. The number of hydrogen-bond donors (Lipinski definition) is 0. The fourth-order valence-electron chi connectivity index (χ4n) is 3.79. The predicted octanol–water partition coefficient (Wildman–Crippen LogP) is 3.95. The third-order valence-electron chi connectivity index (χ3n) is 5.30. The molecular formula is C25H21NO6. The van der Waals surface area contributed by atoms with Crippen LogP contribution in [0.5, 0.6) is 11.5 Å². The Kier molecular flexibility index (Phi) is 6.22. The van der Waals surface area contributed by atoms with E-state index in [2.05, 4.69) is 0 Å². The quantitative estimate of drug-likeness (QED) is 0.317. The average Bonchev–Trinajstić information content (AvgIpc) is 3.26. The van der Waals surface area contributed by atoms with Crippen molar-refractivity contribution in [1.29, 1.82) is 5.26 Å². The molecule has 0 fully saturated rings. The molecule has 1 heterocycles. The number of ether oxygens (including phenoxy) is 3. The molecule has 1 aliphatic carbocycles. The second kappa shape index (κ2) is 9.40. The fourth-order valence-corrected chi connectivity index (χ4v) is 3.79. The van der Waals surface area contributed by atoms with E-state index in [0.29, 0.717) is 28.2 Å². The van der Waals surface area contributed by atoms with Crippen molar-refractivity contribution in [3.63, 3.8) is 0 Å². The number of methoxy groups -OCH3 is 1. The van der Waals surface area contributed by atoms with Crippen LogP contribution in [0.3, 0.4) is 0 Å². The molecule has 0 N–H and O–H groups in total. The molecule has 0 unspecified atom stereocenters. The number of esters is 1. The van der Waals surface area contributed by atoms with Crippen LogP contribution in [-0.4, -0.2) is 19.7 Å². The Labute approximate surface area is 184 Å². The number of rotatable bonds is 7. The molecule has 0 saturated heterocycles. The molecule has 0 amide bonds. The van der Waals surface area contributed by atoms with Crippen molar-refractivity contribution >= 4 is 23.0 Å². The van der Waals surface area contributed by atoms with Gasteiger partial charge in [-0.3, -0.25) is 0 Å². The number of hydrogen-bond acceptors (Lipinski definition) is 7. The van der Waals surface area contributed by atoms with E-state index in [9.17, 15) is 9.59 Å². The highest BCUT2D eigenvalue weighted by Gasteiger charge is 2.15. The Morgan fingerprint density at radius 2 is 1.97 bits per heavy atom. The summed E-state index contributed by atoms with van der Waals surface area (Å²) in [5.74, 6) is 0.345. The van der Waals surface area contributed by atoms with Crippen molar-refractivity contribution in [3.05, 3.63) is 75.1 Å². The number of fused-ring (bicyclic) bond motifs is 2. The minimum absolute atomic E-state index is 0.0334. The minimum Gasteiger partial charge on any atom is -0.493 e. The number of benzene rings is 2. The summed E-state index contributed by atoms with van der Waals surface area (Å²) < 4.78 is 21.3. The van der Waals surface area contributed by atoms with Crippen LogP contribution in [0, 0.1) is 11.3 Å². The van der Waals surface area contributed by atoms with Gasteiger partial charge in [-0.25, -0.2) is 9.59 Å². The lowest BCUT2D eigenvalue weighted by Crippen LogP contribution is -2.06. The van der Waals surface area contributed by atoms with E-state index >= 15 is 0 Å². The van der Waals surface area contributed by atoms with Gasteiger partial charge in [-0.05, 0) is 66.3 Å². The van der Waals surface area contributed by atoms with Gasteiger partial charge < -0.3 is 18.6 Å². The smallest absolute Gasteiger partial charge is 0.336 e. The molecule has 0 spiro atoms. The summed E-state index contributed by atoms with van der Waals surface area (Å²) in [5.41, 5.74) is 3.82. The monoisotopic (exact) mass is 431 g/mol. The normalized spacial score (nSPS) is 12.5. The van der Waals surface area contributed by atoms with Crippen molar-refractivity contribution in [2.45, 2.75) is 25.9 Å². The van der Waals surface area contributed by atoms with E-state index < -0.39 is 11.6 Å². The molecule has 1 aliphatic rings. The first-order valence-corrected chi connectivity index (χ1v) is 10.2. The van der Waals surface area contributed by atoms with Crippen molar-refractivity contribution in [1.82, 2.24) is 0 Å². The van der Waals surface area contributed by atoms with Crippen molar-refractivity contribution < 1.29 is 23.4 Å². The van der Waals surface area contributed by atoms with Gasteiger partial charge in [0.2, 0.25) is 0 Å². The van der Waals surface area contributed by atoms with Gasteiger partial charge in [-0.15, -0.1) is 0 Å². The summed E-state index contributed by atoms with van der Waals surface area (Å²) in [6.07, 6.45) is 5.95. The lowest BCUT2D eigenvalue weighted by atomic mass is 10.0. The van der Waals surface area contributed by atoms with E-state index in [1.807, 2.05) is 18.2 Å². The van der Waals surface area contributed by atoms with E-state index in [1.54, 1.807) is 24.3 Å². The summed E-state index contributed by atoms with van der Waals surface area (Å²) in [4.78, 5) is 24.2. The van der Waals surface area contributed by atoms with Gasteiger partial charge >= 0.3 is 11.6 Å². The molecule has 0 radical (unpaired) electrons. The number of nitrogens with zero attached hydrogens (tertiary/aromatic N) is 1. The topological polar surface area (TPSA) is 98.8 Å². The highest BCUT2D eigenvalue weighted by Crippen LogP contribution is 2.29. The van der Waals surface area contributed by atoms with Gasteiger partial charge in [-0.1, -0.05) is 6.07 Å². The first-order valence-electron chi connectivity index (χ1n) is 10.2. The summed E-state index contributed by atoms with van der Waals surface area (Å²) in [6, 6.07) is 12.3. The van der Waals surface area contributed by atoms with Crippen LogP contribution in [0.4, 0.5) is 0 Å². The van der Waals surface area contributed by atoms with Crippen molar-refractivity contribution in [2.75, 3.05) is 13.7 Å². The molecule has 32 heavy (non-hydrogen) atoms. The second-order valence-corrected chi connectivity index (χ2v) is 7.36. The third kappa shape index (κ3) is 4.65. The van der Waals surface area contributed by atoms with Crippen LogP contribution in [0.15, 0.2) is 51.7 Å². The molecule has 0 saturated carbocycles. The Hall–Kier alpha value is -4.05. The number of carbonyl (C=O) groups is 1. The molecule has 7 nitrogen and oxygen atoms in total. The predicted molar refractivity (Wildman–Crippen MR) is 117 cm³/mol. The lowest BCUT2D eigenvalue weighted by Gasteiger charge is -2.09. The second-order valence-electron chi connectivity index (χ2n) is 7.36. The van der Waals surface area contributed by atoms with Crippen LogP contribution in [0.25, 0.3) is 17.0 Å². The molecule has 0 bridgehead atoms. The van der Waals surface area contributed by atoms with E-state index in [4.69, 9.17) is 23.9 Å². The molecule has 0 atom stereocenters. The summed E-state index contributed by atoms with van der Waals surface area (Å²) >= 11 is 0. The summed E-state index contributed by atoms with van der Waals surface area (Å²) in [5, 5.41) is 9.43. The molecule has 3 aromatic rings. The molecule has 7 heteroatoms. The first-order chi connectivity index (χ1) is 15.6. The van der Waals surface area contributed by atoms with Gasteiger partial charge in [0.15, 0.2) is 18.1 Å². The molecule has 2 aromatic carbocycles. The van der Waals surface area contributed by atoms with Gasteiger partial charge in [0.25, 0.3) is 0 Å². The Morgan fingerprint density at radius 1 is 1.16 bits per heavy atom. The summed E-state index contributed by atoms with van der Waals surface area (Å²) in [7, 11) is 1.49. The number of nitriles is 1. The molecular weight excluding hydrogens is 410 g/mol. The highest BCUT2D eigenvalue weighted by molar-refractivity contribution is 5.88. The van der Waals surface area contributed by atoms with Crippen LogP contribution in [0.1, 0.15) is 28.7 Å². The van der Waals surface area contributed by atoms with Crippen molar-refractivity contribution in [2.24, 2.45) is 0 Å². The van der Waals surface area contributed by atoms with Gasteiger partial charge in [0.05, 0.1) is 7.11 Å². The molecule has 0 aliphatic heterocycles. The molecule has 1 aromatic heterocycles. The van der Waals surface area contributed by atoms with Gasteiger partial charge in [0.1, 0.15) is 18.3 Å². The largest absolute Gasteiger partial charge is 0.493 e. The maximum Gasteiger partial charge on any atom is 0.336 e. The SMILES string of the molecule is COc1cc(/C=C/C(=O)OCc2cc(=O)oc3cc4c(cc23)CCC4)ccc1OCC#N. The van der Waals surface area contributed by atoms with Gasteiger partial charge in [0, 0.05) is 23.1 Å².